The van der Waals surface area contributed by atoms with Crippen LogP contribution in [0.15, 0.2) is 0 Å². The molecule has 0 radical (unpaired) electrons. The van der Waals surface area contributed by atoms with E-state index in [-0.39, 0.29) is 0 Å². The molecule has 0 aliphatic carbocycles. The quantitative estimate of drug-likeness (QED) is 0.889. The maximum Gasteiger partial charge on any atom is 0.169 e. The molecule has 102 valence electrons. The lowest BCUT2D eigenvalue weighted by Crippen LogP contribution is -2.17. The molecule has 2 aromatic heterocycles. The first-order valence-electron chi connectivity index (χ1n) is 6.76. The Morgan fingerprint density at radius 1 is 1.21 bits per heavy atom. The third kappa shape index (κ3) is 2.09. The van der Waals surface area contributed by atoms with Crippen molar-refractivity contribution >= 4 is 5.82 Å². The van der Waals surface area contributed by atoms with Gasteiger partial charge in [-0.3, -0.25) is 0 Å². The average Bonchev–Trinajstić information content (AvgIpc) is 2.95. The Kier molecular flexibility index (Phi) is 2.96. The van der Waals surface area contributed by atoms with Crippen LogP contribution in [0.2, 0.25) is 0 Å². The Balaban J connectivity index is 1.91. The summed E-state index contributed by atoms with van der Waals surface area (Å²) in [5, 5.41) is 16.6. The van der Waals surface area contributed by atoms with Crippen LogP contribution in [-0.2, 0) is 19.5 Å². The summed E-state index contributed by atoms with van der Waals surface area (Å²) in [5.74, 6) is 2.83. The molecule has 0 bridgehead atoms. The monoisotopic (exact) mass is 261 g/mol. The molecule has 0 fully saturated rings. The van der Waals surface area contributed by atoms with Crippen molar-refractivity contribution in [2.45, 2.75) is 52.1 Å². The maximum absolute atomic E-state index is 5.87. The van der Waals surface area contributed by atoms with Crippen molar-refractivity contribution in [1.29, 1.82) is 0 Å². The lowest BCUT2D eigenvalue weighted by molar-refractivity contribution is 0.488. The Morgan fingerprint density at radius 3 is 2.84 bits per heavy atom. The van der Waals surface area contributed by atoms with Gasteiger partial charge in [-0.15, -0.1) is 15.3 Å². The summed E-state index contributed by atoms with van der Waals surface area (Å²) in [4.78, 5) is 0. The summed E-state index contributed by atoms with van der Waals surface area (Å²) in [6.07, 6.45) is 3.41. The lowest BCUT2D eigenvalue weighted by atomic mass is 10.1. The maximum atomic E-state index is 5.87. The third-order valence-corrected chi connectivity index (χ3v) is 3.58. The van der Waals surface area contributed by atoms with E-state index in [2.05, 4.69) is 38.9 Å². The number of aryl methyl sites for hydroxylation is 1. The molecular formula is C12H19N7. The summed E-state index contributed by atoms with van der Waals surface area (Å²) >= 11 is 0. The molecule has 0 atom stereocenters. The van der Waals surface area contributed by atoms with Crippen molar-refractivity contribution in [3.05, 3.63) is 17.3 Å². The molecule has 19 heavy (non-hydrogen) atoms. The van der Waals surface area contributed by atoms with Crippen LogP contribution in [0.3, 0.4) is 0 Å². The van der Waals surface area contributed by atoms with E-state index in [0.29, 0.717) is 18.3 Å². The molecule has 0 spiro atoms. The van der Waals surface area contributed by atoms with Crippen molar-refractivity contribution in [1.82, 2.24) is 29.8 Å². The van der Waals surface area contributed by atoms with Gasteiger partial charge in [0.1, 0.15) is 12.4 Å². The summed E-state index contributed by atoms with van der Waals surface area (Å²) in [5.41, 5.74) is 6.84. The van der Waals surface area contributed by atoms with Crippen LogP contribution < -0.4 is 5.73 Å². The second-order valence-electron chi connectivity index (χ2n) is 5.31. The number of aromatic nitrogens is 6. The first-order valence-corrected chi connectivity index (χ1v) is 6.76. The number of hydrogen-bond donors (Lipinski definition) is 1. The van der Waals surface area contributed by atoms with Crippen LogP contribution >= 0.6 is 0 Å². The van der Waals surface area contributed by atoms with Gasteiger partial charge in [0.15, 0.2) is 11.6 Å². The van der Waals surface area contributed by atoms with E-state index in [0.717, 1.165) is 30.3 Å². The highest BCUT2D eigenvalue weighted by atomic mass is 15.5. The smallest absolute Gasteiger partial charge is 0.169 e. The zero-order valence-electron chi connectivity index (χ0n) is 11.4. The van der Waals surface area contributed by atoms with Crippen LogP contribution in [0.1, 0.15) is 49.9 Å². The third-order valence-electron chi connectivity index (χ3n) is 3.58. The second kappa shape index (κ2) is 4.64. The van der Waals surface area contributed by atoms with Crippen molar-refractivity contribution in [2.75, 3.05) is 5.73 Å². The SMILES string of the molecule is CC(C)c1c(N)nnn1Cc1nnc2n1CCCC2. The standard InChI is InChI=1S/C12H19N7/c1-8(2)11-12(13)16-17-19(11)7-10-15-14-9-5-3-4-6-18(9)10/h8H,3-7,13H2,1-2H3. The van der Waals surface area contributed by atoms with Gasteiger partial charge in [0.25, 0.3) is 0 Å². The fourth-order valence-electron chi connectivity index (χ4n) is 2.66. The van der Waals surface area contributed by atoms with Gasteiger partial charge in [0.05, 0.1) is 5.69 Å². The summed E-state index contributed by atoms with van der Waals surface area (Å²) in [7, 11) is 0. The molecule has 0 unspecified atom stereocenters. The van der Waals surface area contributed by atoms with Gasteiger partial charge in [-0.2, -0.15) is 0 Å². The fourth-order valence-corrected chi connectivity index (χ4v) is 2.66. The van der Waals surface area contributed by atoms with E-state index in [1.165, 1.54) is 12.8 Å². The summed E-state index contributed by atoms with van der Waals surface area (Å²) in [6.45, 7) is 5.76. The molecule has 1 aliphatic rings. The Bertz CT molecular complexity index is 581. The van der Waals surface area contributed by atoms with E-state index in [9.17, 15) is 0 Å². The van der Waals surface area contributed by atoms with Crippen molar-refractivity contribution in [3.63, 3.8) is 0 Å². The molecular weight excluding hydrogens is 242 g/mol. The molecule has 7 nitrogen and oxygen atoms in total. The Morgan fingerprint density at radius 2 is 2.05 bits per heavy atom. The number of rotatable bonds is 3. The molecule has 0 amide bonds. The molecule has 2 aromatic rings. The van der Waals surface area contributed by atoms with Crippen molar-refractivity contribution in [3.8, 4) is 0 Å². The number of anilines is 1. The number of nitrogen functional groups attached to an aromatic ring is 1. The zero-order valence-corrected chi connectivity index (χ0v) is 11.4. The minimum atomic E-state index is 0.291. The van der Waals surface area contributed by atoms with E-state index < -0.39 is 0 Å². The van der Waals surface area contributed by atoms with Crippen LogP contribution in [0, 0.1) is 0 Å². The normalized spacial score (nSPS) is 14.9. The number of nitrogens with two attached hydrogens (primary N) is 1. The number of hydrogen-bond acceptors (Lipinski definition) is 5. The highest BCUT2D eigenvalue weighted by Crippen LogP contribution is 2.21. The highest BCUT2D eigenvalue weighted by molar-refractivity contribution is 5.35. The largest absolute Gasteiger partial charge is 0.381 e. The molecule has 2 N–H and O–H groups in total. The number of fused-ring (bicyclic) bond motifs is 1. The van der Waals surface area contributed by atoms with Gasteiger partial charge < -0.3 is 10.3 Å². The number of nitrogens with zero attached hydrogens (tertiary/aromatic N) is 6. The van der Waals surface area contributed by atoms with Crippen molar-refractivity contribution < 1.29 is 0 Å². The predicted molar refractivity (Wildman–Crippen MR) is 70.6 cm³/mol. The average molecular weight is 261 g/mol. The molecule has 7 heteroatoms. The van der Waals surface area contributed by atoms with E-state index >= 15 is 0 Å². The van der Waals surface area contributed by atoms with Gasteiger partial charge >= 0.3 is 0 Å². The van der Waals surface area contributed by atoms with E-state index in [1.807, 2.05) is 4.68 Å². The van der Waals surface area contributed by atoms with Gasteiger partial charge in [-0.25, -0.2) is 4.68 Å². The van der Waals surface area contributed by atoms with Crippen LogP contribution in [0.4, 0.5) is 5.82 Å². The molecule has 3 heterocycles. The van der Waals surface area contributed by atoms with E-state index in [1.54, 1.807) is 0 Å². The van der Waals surface area contributed by atoms with Gasteiger partial charge in [0, 0.05) is 13.0 Å². The zero-order chi connectivity index (χ0) is 13.4. The highest BCUT2D eigenvalue weighted by Gasteiger charge is 2.19. The lowest BCUT2D eigenvalue weighted by Gasteiger charge is -2.15. The fraction of sp³-hybridized carbons (Fsp3) is 0.667. The first-order chi connectivity index (χ1) is 9.16. The van der Waals surface area contributed by atoms with Gasteiger partial charge in [0.2, 0.25) is 0 Å². The molecule has 0 aromatic carbocycles. The minimum absolute atomic E-state index is 0.291. The van der Waals surface area contributed by atoms with Crippen LogP contribution in [-0.4, -0.2) is 29.8 Å². The predicted octanol–water partition coefficient (Wildman–Crippen LogP) is 0.960. The van der Waals surface area contributed by atoms with E-state index in [4.69, 9.17) is 5.73 Å². The molecule has 1 aliphatic heterocycles. The molecule has 0 saturated carbocycles. The molecule has 0 saturated heterocycles. The van der Waals surface area contributed by atoms with Gasteiger partial charge in [-0.1, -0.05) is 19.1 Å². The van der Waals surface area contributed by atoms with Crippen LogP contribution in [0.25, 0.3) is 0 Å². The van der Waals surface area contributed by atoms with Crippen LogP contribution in [0.5, 0.6) is 0 Å². The second-order valence-corrected chi connectivity index (χ2v) is 5.31. The minimum Gasteiger partial charge on any atom is -0.381 e. The Labute approximate surface area is 111 Å². The summed E-state index contributed by atoms with van der Waals surface area (Å²) < 4.78 is 4.04. The molecule has 3 rings (SSSR count). The topological polar surface area (TPSA) is 87.4 Å². The Hall–Kier alpha value is -1.92. The van der Waals surface area contributed by atoms with Crippen molar-refractivity contribution in [2.24, 2.45) is 0 Å². The summed E-state index contributed by atoms with van der Waals surface area (Å²) in [6, 6.07) is 0. The van der Waals surface area contributed by atoms with Gasteiger partial charge in [-0.05, 0) is 18.8 Å². The first kappa shape index (κ1) is 12.1.